The number of thioether (sulfide) groups is 2. The lowest BCUT2D eigenvalue weighted by molar-refractivity contribution is -0.385. The van der Waals surface area contributed by atoms with Crippen LogP contribution in [-0.2, 0) is 6.61 Å². The summed E-state index contributed by atoms with van der Waals surface area (Å²) in [6.45, 7) is 4.47. The minimum absolute atomic E-state index is 0.0263. The Labute approximate surface area is 315 Å². The van der Waals surface area contributed by atoms with Crippen molar-refractivity contribution in [1.29, 1.82) is 0 Å². The first-order chi connectivity index (χ1) is 25.6. The van der Waals surface area contributed by atoms with Gasteiger partial charge in [0.05, 0.1) is 60.7 Å². The van der Waals surface area contributed by atoms with Gasteiger partial charge < -0.3 is 29.0 Å². The number of likely N-dealkylation sites (tertiary alicyclic amines) is 1. The molecule has 0 unspecified atom stereocenters. The number of allylic oxidation sites excluding steroid dienone is 1. The number of phenolic OH excluding ortho intramolecular Hbond substituents is 1. The standard InChI is InChI=1S/C37H41N5O9S2/c1-6-52-37(53-7-2)29-17-25(21-40(29)36(45)27-18-34(49-4)35(50-5)19-28(27)42(46)47)41-20-24(38-39-41)22-51-32-15-13-23(16-33(32)48-3)12-14-31(44)26-10-8-9-11-30(26)43/h8-16,18-20,25,29,37,43H,6-7,17,21-22H2,1-5H3/b14-12+/t25-,29-/m0/s1. The first-order valence-electron chi connectivity index (χ1n) is 16.8. The molecule has 1 fully saturated rings. The minimum atomic E-state index is -0.584. The molecule has 1 aliphatic rings. The minimum Gasteiger partial charge on any atom is -0.507 e. The number of ether oxygens (including phenoxy) is 4. The van der Waals surface area contributed by atoms with Crippen molar-refractivity contribution >= 4 is 47.0 Å². The fraction of sp³-hybridized carbons (Fsp3) is 0.351. The Kier molecular flexibility index (Phi) is 13.3. The highest BCUT2D eigenvalue weighted by atomic mass is 32.2. The van der Waals surface area contributed by atoms with E-state index in [0.717, 1.165) is 11.5 Å². The lowest BCUT2D eigenvalue weighted by atomic mass is 10.1. The number of ketones is 1. The van der Waals surface area contributed by atoms with Gasteiger partial charge in [-0.2, -0.15) is 0 Å². The van der Waals surface area contributed by atoms with E-state index in [0.29, 0.717) is 29.2 Å². The van der Waals surface area contributed by atoms with E-state index in [9.17, 15) is 24.8 Å². The van der Waals surface area contributed by atoms with Crippen LogP contribution in [0.25, 0.3) is 6.08 Å². The summed E-state index contributed by atoms with van der Waals surface area (Å²) in [6, 6.07) is 13.7. The first kappa shape index (κ1) is 39.0. The zero-order valence-electron chi connectivity index (χ0n) is 30.0. The van der Waals surface area contributed by atoms with E-state index in [-0.39, 0.29) is 69.7 Å². The van der Waals surface area contributed by atoms with Crippen LogP contribution in [0.5, 0.6) is 28.7 Å². The lowest BCUT2D eigenvalue weighted by Crippen LogP contribution is -2.41. The average molecular weight is 764 g/mol. The van der Waals surface area contributed by atoms with E-state index in [4.69, 9.17) is 18.9 Å². The molecule has 4 aromatic rings. The van der Waals surface area contributed by atoms with Gasteiger partial charge in [-0.15, -0.1) is 28.6 Å². The van der Waals surface area contributed by atoms with Gasteiger partial charge in [0, 0.05) is 12.6 Å². The van der Waals surface area contributed by atoms with Crippen LogP contribution in [0.2, 0.25) is 0 Å². The zero-order valence-corrected chi connectivity index (χ0v) is 31.6. The van der Waals surface area contributed by atoms with Crippen LogP contribution in [-0.4, -0.2) is 91.6 Å². The molecule has 1 saturated heterocycles. The Morgan fingerprint density at radius 3 is 2.32 bits per heavy atom. The maximum Gasteiger partial charge on any atom is 0.286 e. The number of nitrogens with zero attached hydrogens (tertiary/aromatic N) is 5. The molecule has 280 valence electrons. The van der Waals surface area contributed by atoms with Crippen molar-refractivity contribution in [1.82, 2.24) is 19.9 Å². The molecule has 2 atom stereocenters. The molecule has 3 aromatic carbocycles. The Morgan fingerprint density at radius 1 is 0.981 bits per heavy atom. The van der Waals surface area contributed by atoms with Gasteiger partial charge in [0.25, 0.3) is 11.6 Å². The van der Waals surface area contributed by atoms with Crippen LogP contribution in [0.4, 0.5) is 5.69 Å². The van der Waals surface area contributed by atoms with Gasteiger partial charge in [-0.3, -0.25) is 19.7 Å². The summed E-state index contributed by atoms with van der Waals surface area (Å²) in [5, 5.41) is 30.8. The van der Waals surface area contributed by atoms with Gasteiger partial charge in [0.2, 0.25) is 0 Å². The molecule has 0 spiro atoms. The summed E-state index contributed by atoms with van der Waals surface area (Å²) < 4.78 is 24.0. The monoisotopic (exact) mass is 763 g/mol. The Balaban J connectivity index is 1.33. The summed E-state index contributed by atoms with van der Waals surface area (Å²) in [7, 11) is 4.31. The van der Waals surface area contributed by atoms with Crippen LogP contribution in [0.15, 0.2) is 66.9 Å². The number of phenols is 1. The van der Waals surface area contributed by atoms with E-state index in [1.165, 1.54) is 45.6 Å². The number of hydrogen-bond acceptors (Lipinski definition) is 13. The Morgan fingerprint density at radius 2 is 1.66 bits per heavy atom. The highest BCUT2D eigenvalue weighted by Gasteiger charge is 2.43. The summed E-state index contributed by atoms with van der Waals surface area (Å²) in [4.78, 5) is 40.0. The number of aromatic nitrogens is 3. The van der Waals surface area contributed by atoms with E-state index in [2.05, 4.69) is 24.2 Å². The number of carbonyl (C=O) groups is 2. The molecule has 1 amide bonds. The number of nitro groups is 1. The number of carbonyl (C=O) groups excluding carboxylic acids is 2. The van der Waals surface area contributed by atoms with Crippen molar-refractivity contribution in [3.05, 3.63) is 99.4 Å². The Bertz CT molecular complexity index is 1960. The quantitative estimate of drug-likeness (QED) is 0.0398. The van der Waals surface area contributed by atoms with E-state index in [1.807, 2.05) is 0 Å². The second-order valence-electron chi connectivity index (χ2n) is 11.8. The predicted octanol–water partition coefficient (Wildman–Crippen LogP) is 6.68. The lowest BCUT2D eigenvalue weighted by Gasteiger charge is -2.30. The molecule has 0 bridgehead atoms. The molecule has 1 aromatic heterocycles. The van der Waals surface area contributed by atoms with Crippen molar-refractivity contribution in [2.45, 2.75) is 43.5 Å². The topological polar surface area (TPSA) is 168 Å². The maximum absolute atomic E-state index is 14.2. The van der Waals surface area contributed by atoms with Crippen molar-refractivity contribution in [2.24, 2.45) is 0 Å². The van der Waals surface area contributed by atoms with Gasteiger partial charge >= 0.3 is 0 Å². The molecule has 1 N–H and O–H groups in total. The largest absolute Gasteiger partial charge is 0.507 e. The SMILES string of the molecule is CCSC(SCC)[C@@H]1C[C@H](n2cc(COc3ccc(/C=C/C(=O)c4ccccc4O)cc3OC)nn2)CN1C(=O)c1cc(OC)c(OC)cc1[N+](=O)[O-]. The number of hydrogen-bond donors (Lipinski definition) is 1. The smallest absolute Gasteiger partial charge is 0.286 e. The third-order valence-corrected chi connectivity index (χ3v) is 11.3. The highest BCUT2D eigenvalue weighted by molar-refractivity contribution is 8.17. The van der Waals surface area contributed by atoms with Crippen LogP contribution < -0.4 is 18.9 Å². The second-order valence-corrected chi connectivity index (χ2v) is 14.9. The van der Waals surface area contributed by atoms with Gasteiger partial charge in [0.15, 0.2) is 28.8 Å². The molecular weight excluding hydrogens is 723 g/mol. The molecule has 0 radical (unpaired) electrons. The van der Waals surface area contributed by atoms with E-state index in [1.54, 1.807) is 81.8 Å². The third-order valence-electron chi connectivity index (χ3n) is 8.58. The molecule has 5 rings (SSSR count). The fourth-order valence-electron chi connectivity index (χ4n) is 6.03. The number of methoxy groups -OCH3 is 3. The van der Waals surface area contributed by atoms with Crippen LogP contribution >= 0.6 is 23.5 Å². The molecule has 0 saturated carbocycles. The second kappa shape index (κ2) is 18.0. The van der Waals surface area contributed by atoms with Gasteiger partial charge in [-0.05, 0) is 53.8 Å². The molecule has 2 heterocycles. The predicted molar refractivity (Wildman–Crippen MR) is 204 cm³/mol. The highest BCUT2D eigenvalue weighted by Crippen LogP contribution is 2.41. The molecule has 53 heavy (non-hydrogen) atoms. The van der Waals surface area contributed by atoms with Crippen LogP contribution in [0, 0.1) is 10.1 Å². The number of aromatic hydroxyl groups is 1. The summed E-state index contributed by atoms with van der Waals surface area (Å²) in [6.07, 6.45) is 5.35. The zero-order chi connectivity index (χ0) is 38.1. The van der Waals surface area contributed by atoms with Crippen molar-refractivity contribution in [3.8, 4) is 28.7 Å². The number of nitro benzene ring substituents is 1. The van der Waals surface area contributed by atoms with Crippen molar-refractivity contribution in [2.75, 3.05) is 39.4 Å². The molecular formula is C37H41N5O9S2. The maximum atomic E-state index is 14.2. The summed E-state index contributed by atoms with van der Waals surface area (Å²) >= 11 is 3.48. The average Bonchev–Trinajstić information content (AvgIpc) is 3.83. The number of para-hydroxylation sites is 1. The number of amides is 1. The Hall–Kier alpha value is -5.22. The van der Waals surface area contributed by atoms with Gasteiger partial charge in [0.1, 0.15) is 23.6 Å². The van der Waals surface area contributed by atoms with Gasteiger partial charge in [-0.1, -0.05) is 43.3 Å². The van der Waals surface area contributed by atoms with Gasteiger partial charge in [-0.25, -0.2) is 4.68 Å². The first-order valence-corrected chi connectivity index (χ1v) is 18.9. The molecule has 14 nitrogen and oxygen atoms in total. The fourth-order valence-corrected chi connectivity index (χ4v) is 8.85. The van der Waals surface area contributed by atoms with Crippen molar-refractivity contribution < 1.29 is 38.6 Å². The number of rotatable bonds is 17. The van der Waals surface area contributed by atoms with Crippen LogP contribution in [0.3, 0.4) is 0 Å². The van der Waals surface area contributed by atoms with Crippen LogP contribution in [0.1, 0.15) is 58.3 Å². The van der Waals surface area contributed by atoms with Crippen molar-refractivity contribution in [3.63, 3.8) is 0 Å². The summed E-state index contributed by atoms with van der Waals surface area (Å²) in [5.41, 5.74) is 1.00. The molecule has 16 heteroatoms. The normalized spacial score (nSPS) is 15.5. The molecule has 1 aliphatic heterocycles. The van der Waals surface area contributed by atoms with E-state index >= 15 is 0 Å². The number of benzene rings is 3. The summed E-state index contributed by atoms with van der Waals surface area (Å²) in [5.74, 6) is 2.05. The van der Waals surface area contributed by atoms with E-state index < -0.39 is 10.8 Å². The molecule has 0 aliphatic carbocycles. The third kappa shape index (κ3) is 9.06.